The standard InChI is InChI=1S/C61H116O6/c1-4-7-10-13-16-19-22-24-26-28-30-31-33-34-36-39-42-45-48-51-54-60(63)66-57-58(56-65-59(62)53-50-47-44-41-38-21-18-15-12-9-6-3)67-61(64)55-52-49-46-43-40-37-35-32-29-27-25-23-20-17-14-11-8-5-2/h15,18,58H,4-14,16-17,19-57H2,1-3H3/b18-15-. The van der Waals surface area contributed by atoms with Crippen LogP contribution in [0.25, 0.3) is 0 Å². The number of ether oxygens (including phenoxy) is 3. The van der Waals surface area contributed by atoms with Crippen molar-refractivity contribution in [3.63, 3.8) is 0 Å². The van der Waals surface area contributed by atoms with E-state index >= 15 is 0 Å². The van der Waals surface area contributed by atoms with Crippen LogP contribution < -0.4 is 0 Å². The summed E-state index contributed by atoms with van der Waals surface area (Å²) in [7, 11) is 0. The fourth-order valence-corrected chi connectivity index (χ4v) is 9.19. The maximum absolute atomic E-state index is 12.9. The molecule has 0 bridgehead atoms. The van der Waals surface area contributed by atoms with E-state index < -0.39 is 6.10 Å². The normalized spacial score (nSPS) is 12.0. The van der Waals surface area contributed by atoms with E-state index in [9.17, 15) is 14.4 Å². The van der Waals surface area contributed by atoms with Gasteiger partial charge in [0.25, 0.3) is 0 Å². The van der Waals surface area contributed by atoms with Gasteiger partial charge in [0.05, 0.1) is 0 Å². The Morgan fingerprint density at radius 2 is 0.507 bits per heavy atom. The smallest absolute Gasteiger partial charge is 0.306 e. The zero-order chi connectivity index (χ0) is 48.6. The molecule has 0 aliphatic rings. The van der Waals surface area contributed by atoms with Gasteiger partial charge in [0.15, 0.2) is 6.10 Å². The van der Waals surface area contributed by atoms with Crippen LogP contribution in [0.15, 0.2) is 12.2 Å². The zero-order valence-corrected chi connectivity index (χ0v) is 45.5. The molecular weight excluding hydrogens is 829 g/mol. The molecule has 6 heteroatoms. The van der Waals surface area contributed by atoms with Crippen molar-refractivity contribution in [2.75, 3.05) is 13.2 Å². The summed E-state index contributed by atoms with van der Waals surface area (Å²) >= 11 is 0. The zero-order valence-electron chi connectivity index (χ0n) is 45.5. The first-order valence-electron chi connectivity index (χ1n) is 30.2. The minimum atomic E-state index is -0.767. The van der Waals surface area contributed by atoms with E-state index in [0.29, 0.717) is 19.3 Å². The molecule has 0 aromatic rings. The predicted molar refractivity (Wildman–Crippen MR) is 289 cm³/mol. The number of rotatable bonds is 56. The summed E-state index contributed by atoms with van der Waals surface area (Å²) in [6.45, 7) is 6.66. The summed E-state index contributed by atoms with van der Waals surface area (Å²) < 4.78 is 16.9. The Morgan fingerprint density at radius 3 is 0.791 bits per heavy atom. The number of esters is 3. The summed E-state index contributed by atoms with van der Waals surface area (Å²) in [6.07, 6.45) is 65.0. The van der Waals surface area contributed by atoms with Gasteiger partial charge in [0.2, 0.25) is 0 Å². The molecule has 0 saturated carbocycles. The van der Waals surface area contributed by atoms with E-state index in [1.807, 2.05) is 0 Å². The molecule has 0 aromatic carbocycles. The maximum Gasteiger partial charge on any atom is 0.306 e. The van der Waals surface area contributed by atoms with Gasteiger partial charge in [-0.3, -0.25) is 14.4 Å². The van der Waals surface area contributed by atoms with Gasteiger partial charge in [-0.25, -0.2) is 0 Å². The quantitative estimate of drug-likeness (QED) is 0.0262. The first kappa shape index (κ1) is 65.1. The van der Waals surface area contributed by atoms with Crippen molar-refractivity contribution in [2.24, 2.45) is 0 Å². The summed E-state index contributed by atoms with van der Waals surface area (Å²) in [5.41, 5.74) is 0. The summed E-state index contributed by atoms with van der Waals surface area (Å²) in [5, 5.41) is 0. The van der Waals surface area contributed by atoms with Gasteiger partial charge in [-0.1, -0.05) is 296 Å². The Bertz CT molecular complexity index is 1040. The van der Waals surface area contributed by atoms with Crippen LogP contribution >= 0.6 is 0 Å². The van der Waals surface area contributed by atoms with Gasteiger partial charge in [-0.15, -0.1) is 0 Å². The van der Waals surface area contributed by atoms with Crippen molar-refractivity contribution in [3.8, 4) is 0 Å². The van der Waals surface area contributed by atoms with E-state index in [0.717, 1.165) is 64.2 Å². The SMILES string of the molecule is CCCC/C=C\CCCCCCCC(=O)OCC(COC(=O)CCCCCCCCCCCCCCCCCCCCCC)OC(=O)CCCCCCCCCCCCCCCCCCCC. The molecule has 0 heterocycles. The van der Waals surface area contributed by atoms with Crippen molar-refractivity contribution in [1.82, 2.24) is 0 Å². The maximum atomic E-state index is 12.9. The second-order valence-electron chi connectivity index (χ2n) is 20.6. The third-order valence-electron chi connectivity index (χ3n) is 13.8. The molecule has 0 aromatic heterocycles. The van der Waals surface area contributed by atoms with Crippen LogP contribution in [0.1, 0.15) is 342 Å². The Labute approximate surface area is 418 Å². The Hall–Kier alpha value is -1.85. The van der Waals surface area contributed by atoms with Crippen LogP contribution in [0.4, 0.5) is 0 Å². The van der Waals surface area contributed by atoms with E-state index in [-0.39, 0.29) is 31.1 Å². The number of allylic oxidation sites excluding steroid dienone is 2. The third kappa shape index (κ3) is 55.0. The Morgan fingerprint density at radius 1 is 0.284 bits per heavy atom. The number of carbonyl (C=O) groups excluding carboxylic acids is 3. The molecule has 0 rings (SSSR count). The van der Waals surface area contributed by atoms with Gasteiger partial charge in [-0.05, 0) is 38.5 Å². The first-order valence-corrected chi connectivity index (χ1v) is 30.2. The molecule has 0 amide bonds. The fourth-order valence-electron chi connectivity index (χ4n) is 9.19. The second-order valence-corrected chi connectivity index (χ2v) is 20.6. The van der Waals surface area contributed by atoms with E-state index in [1.165, 1.54) is 238 Å². The number of hydrogen-bond acceptors (Lipinski definition) is 6. The highest BCUT2D eigenvalue weighted by Crippen LogP contribution is 2.18. The molecule has 0 N–H and O–H groups in total. The van der Waals surface area contributed by atoms with Gasteiger partial charge in [0.1, 0.15) is 13.2 Å². The highest BCUT2D eigenvalue weighted by molar-refractivity contribution is 5.71. The Balaban J connectivity index is 4.24. The van der Waals surface area contributed by atoms with Crippen LogP contribution in [-0.2, 0) is 28.6 Å². The highest BCUT2D eigenvalue weighted by Gasteiger charge is 2.19. The molecule has 0 radical (unpaired) electrons. The monoisotopic (exact) mass is 945 g/mol. The van der Waals surface area contributed by atoms with Crippen molar-refractivity contribution < 1.29 is 28.6 Å². The van der Waals surface area contributed by atoms with Crippen molar-refractivity contribution in [1.29, 1.82) is 0 Å². The minimum Gasteiger partial charge on any atom is -0.462 e. The first-order chi connectivity index (χ1) is 33.0. The van der Waals surface area contributed by atoms with E-state index in [4.69, 9.17) is 14.2 Å². The van der Waals surface area contributed by atoms with Crippen LogP contribution in [0, 0.1) is 0 Å². The molecule has 67 heavy (non-hydrogen) atoms. The fraction of sp³-hybridized carbons (Fsp3) is 0.918. The average Bonchev–Trinajstić information content (AvgIpc) is 3.33. The molecular formula is C61H116O6. The van der Waals surface area contributed by atoms with E-state index in [1.54, 1.807) is 0 Å². The lowest BCUT2D eigenvalue weighted by Gasteiger charge is -2.18. The lowest BCUT2D eigenvalue weighted by atomic mass is 10.0. The molecule has 6 nitrogen and oxygen atoms in total. The second kappa shape index (κ2) is 56.7. The molecule has 0 aliphatic carbocycles. The van der Waals surface area contributed by atoms with Crippen molar-refractivity contribution in [2.45, 2.75) is 348 Å². The lowest BCUT2D eigenvalue weighted by Crippen LogP contribution is -2.30. The molecule has 396 valence electrons. The summed E-state index contributed by atoms with van der Waals surface area (Å²) in [4.78, 5) is 38.1. The van der Waals surface area contributed by atoms with Crippen LogP contribution in [-0.4, -0.2) is 37.2 Å². The van der Waals surface area contributed by atoms with Gasteiger partial charge < -0.3 is 14.2 Å². The molecule has 0 aliphatic heterocycles. The van der Waals surface area contributed by atoms with Crippen molar-refractivity contribution >= 4 is 17.9 Å². The number of hydrogen-bond donors (Lipinski definition) is 0. The third-order valence-corrected chi connectivity index (χ3v) is 13.8. The molecule has 0 fully saturated rings. The number of carbonyl (C=O) groups is 3. The molecule has 0 saturated heterocycles. The van der Waals surface area contributed by atoms with Gasteiger partial charge in [-0.2, -0.15) is 0 Å². The van der Waals surface area contributed by atoms with Crippen LogP contribution in [0.3, 0.4) is 0 Å². The Kier molecular flexibility index (Phi) is 55.2. The lowest BCUT2D eigenvalue weighted by molar-refractivity contribution is -0.167. The average molecular weight is 946 g/mol. The summed E-state index contributed by atoms with van der Waals surface area (Å²) in [5.74, 6) is -0.850. The summed E-state index contributed by atoms with van der Waals surface area (Å²) in [6, 6.07) is 0. The van der Waals surface area contributed by atoms with Crippen LogP contribution in [0.2, 0.25) is 0 Å². The van der Waals surface area contributed by atoms with Gasteiger partial charge >= 0.3 is 17.9 Å². The molecule has 1 unspecified atom stereocenters. The van der Waals surface area contributed by atoms with E-state index in [2.05, 4.69) is 32.9 Å². The predicted octanol–water partition coefficient (Wildman–Crippen LogP) is 20.1. The number of unbranched alkanes of at least 4 members (excludes halogenated alkanes) is 43. The molecule has 1 atom stereocenters. The van der Waals surface area contributed by atoms with Crippen LogP contribution in [0.5, 0.6) is 0 Å². The largest absolute Gasteiger partial charge is 0.462 e. The molecule has 0 spiro atoms. The minimum absolute atomic E-state index is 0.0664. The topological polar surface area (TPSA) is 78.9 Å². The van der Waals surface area contributed by atoms with Crippen molar-refractivity contribution in [3.05, 3.63) is 12.2 Å². The van der Waals surface area contributed by atoms with Gasteiger partial charge in [0, 0.05) is 19.3 Å². The highest BCUT2D eigenvalue weighted by atomic mass is 16.6.